The first-order chi connectivity index (χ1) is 9.26. The van der Waals surface area contributed by atoms with E-state index in [-0.39, 0.29) is 0 Å². The second-order valence-corrected chi connectivity index (χ2v) is 4.16. The monoisotopic (exact) mass is 250 g/mol. The van der Waals surface area contributed by atoms with Gasteiger partial charge in [0.2, 0.25) is 0 Å². The van der Waals surface area contributed by atoms with Gasteiger partial charge in [-0.3, -0.25) is 0 Å². The SMILES string of the molecule is C=C/C=C\C(=C/C)c1ccc(C(/C=C\C)=C/C)cc1. The molecule has 0 N–H and O–H groups in total. The molecule has 1 aromatic rings. The van der Waals surface area contributed by atoms with Crippen LogP contribution in [0.25, 0.3) is 11.1 Å². The molecule has 0 heterocycles. The molecule has 1 aromatic carbocycles. The summed E-state index contributed by atoms with van der Waals surface area (Å²) in [5, 5.41) is 0. The van der Waals surface area contributed by atoms with Gasteiger partial charge < -0.3 is 0 Å². The first-order valence-electron chi connectivity index (χ1n) is 6.62. The molecule has 0 aliphatic carbocycles. The molecule has 0 spiro atoms. The number of allylic oxidation sites excluding steroid dienone is 9. The minimum atomic E-state index is 1.21. The van der Waals surface area contributed by atoms with Crippen molar-refractivity contribution in [1.29, 1.82) is 0 Å². The van der Waals surface area contributed by atoms with E-state index in [1.54, 1.807) is 6.08 Å². The van der Waals surface area contributed by atoms with Crippen molar-refractivity contribution >= 4 is 11.1 Å². The molecule has 0 fully saturated rings. The lowest BCUT2D eigenvalue weighted by Gasteiger charge is -2.06. The third-order valence-electron chi connectivity index (χ3n) is 2.93. The van der Waals surface area contributed by atoms with E-state index in [1.165, 1.54) is 22.3 Å². The summed E-state index contributed by atoms with van der Waals surface area (Å²) in [7, 11) is 0. The molecule has 0 aromatic heterocycles. The maximum absolute atomic E-state index is 3.70. The van der Waals surface area contributed by atoms with E-state index in [4.69, 9.17) is 0 Å². The summed E-state index contributed by atoms with van der Waals surface area (Å²) in [5.41, 5.74) is 4.92. The Morgan fingerprint density at radius 1 is 0.842 bits per heavy atom. The van der Waals surface area contributed by atoms with Gasteiger partial charge in [-0.25, -0.2) is 0 Å². The van der Waals surface area contributed by atoms with E-state index in [9.17, 15) is 0 Å². The molecule has 1 rings (SSSR count). The van der Waals surface area contributed by atoms with Gasteiger partial charge in [0.1, 0.15) is 0 Å². The summed E-state index contributed by atoms with van der Waals surface area (Å²) in [4.78, 5) is 0. The molecule has 0 unspecified atom stereocenters. The van der Waals surface area contributed by atoms with Crippen LogP contribution in [-0.4, -0.2) is 0 Å². The molecule has 0 aliphatic rings. The summed E-state index contributed by atoms with van der Waals surface area (Å²) < 4.78 is 0. The highest BCUT2D eigenvalue weighted by Gasteiger charge is 1.99. The molecule has 0 amide bonds. The Balaban J connectivity index is 3.05. The van der Waals surface area contributed by atoms with Crippen LogP contribution in [-0.2, 0) is 0 Å². The lowest BCUT2D eigenvalue weighted by atomic mass is 9.99. The summed E-state index contributed by atoms with van der Waals surface area (Å²) >= 11 is 0. The van der Waals surface area contributed by atoms with Crippen LogP contribution in [0.1, 0.15) is 31.9 Å². The number of hydrogen-bond donors (Lipinski definition) is 0. The molecule has 0 radical (unpaired) electrons. The molecule has 0 saturated carbocycles. The molecular weight excluding hydrogens is 228 g/mol. The standard InChI is InChI=1S/C19H22/c1-5-9-11-17(8-4)19-14-12-18(13-15-19)16(7-3)10-6-2/h5-15H,1H2,2-4H3/b10-6-,11-9-,16-7+,17-8+. The first-order valence-corrected chi connectivity index (χ1v) is 6.62. The smallest absolute Gasteiger partial charge is 0.0187 e. The summed E-state index contributed by atoms with van der Waals surface area (Å²) in [6, 6.07) is 8.64. The molecule has 0 bridgehead atoms. The average Bonchev–Trinajstić information content (AvgIpc) is 2.46. The lowest BCUT2D eigenvalue weighted by molar-refractivity contribution is 1.54. The fraction of sp³-hybridized carbons (Fsp3) is 0.158. The maximum atomic E-state index is 3.70. The Labute approximate surface area is 117 Å². The van der Waals surface area contributed by atoms with Crippen LogP contribution in [0.3, 0.4) is 0 Å². The molecule has 0 saturated heterocycles. The van der Waals surface area contributed by atoms with Gasteiger partial charge in [-0.15, -0.1) is 0 Å². The number of hydrogen-bond acceptors (Lipinski definition) is 0. The van der Waals surface area contributed by atoms with Crippen LogP contribution >= 0.6 is 0 Å². The Kier molecular flexibility index (Phi) is 6.38. The van der Waals surface area contributed by atoms with E-state index >= 15 is 0 Å². The van der Waals surface area contributed by atoms with Crippen LogP contribution in [0.5, 0.6) is 0 Å². The molecular formula is C19H22. The number of rotatable bonds is 5. The third kappa shape index (κ3) is 4.26. The molecule has 0 heteroatoms. The van der Waals surface area contributed by atoms with E-state index in [0.29, 0.717) is 0 Å². The van der Waals surface area contributed by atoms with Gasteiger partial charge >= 0.3 is 0 Å². The minimum absolute atomic E-state index is 1.21. The normalized spacial score (nSPS) is 13.4. The topological polar surface area (TPSA) is 0 Å². The van der Waals surface area contributed by atoms with Crippen LogP contribution in [0, 0.1) is 0 Å². The van der Waals surface area contributed by atoms with Gasteiger partial charge in [-0.2, -0.15) is 0 Å². The van der Waals surface area contributed by atoms with Crippen molar-refractivity contribution in [1.82, 2.24) is 0 Å². The summed E-state index contributed by atoms with van der Waals surface area (Å²) in [6.45, 7) is 9.85. The van der Waals surface area contributed by atoms with E-state index < -0.39 is 0 Å². The summed E-state index contributed by atoms with van der Waals surface area (Å²) in [6.07, 6.45) is 14.3. The molecule has 19 heavy (non-hydrogen) atoms. The fourth-order valence-electron chi connectivity index (χ4n) is 1.92. The minimum Gasteiger partial charge on any atom is -0.0991 e. The fourth-order valence-corrected chi connectivity index (χ4v) is 1.92. The Morgan fingerprint density at radius 3 is 1.68 bits per heavy atom. The second kappa shape index (κ2) is 8.10. The zero-order valence-corrected chi connectivity index (χ0v) is 12.1. The van der Waals surface area contributed by atoms with Crippen LogP contribution in [0.2, 0.25) is 0 Å². The third-order valence-corrected chi connectivity index (χ3v) is 2.93. The van der Waals surface area contributed by atoms with Gasteiger partial charge in [0.15, 0.2) is 0 Å². The number of benzene rings is 1. The zero-order valence-electron chi connectivity index (χ0n) is 12.1. The van der Waals surface area contributed by atoms with Crippen LogP contribution < -0.4 is 0 Å². The summed E-state index contributed by atoms with van der Waals surface area (Å²) in [5.74, 6) is 0. The van der Waals surface area contributed by atoms with Gasteiger partial charge in [0, 0.05) is 0 Å². The van der Waals surface area contributed by atoms with Gasteiger partial charge in [-0.1, -0.05) is 73.4 Å². The highest BCUT2D eigenvalue weighted by molar-refractivity contribution is 5.78. The van der Waals surface area contributed by atoms with Crippen molar-refractivity contribution in [3.05, 3.63) is 84.5 Å². The second-order valence-electron chi connectivity index (χ2n) is 4.16. The van der Waals surface area contributed by atoms with Crippen molar-refractivity contribution in [2.24, 2.45) is 0 Å². The Hall–Kier alpha value is -2.08. The first kappa shape index (κ1) is 15.0. The van der Waals surface area contributed by atoms with E-state index in [2.05, 4.69) is 68.1 Å². The van der Waals surface area contributed by atoms with Crippen LogP contribution in [0.15, 0.2) is 73.4 Å². The molecule has 98 valence electrons. The Bertz CT molecular complexity index is 520. The average molecular weight is 250 g/mol. The quantitative estimate of drug-likeness (QED) is 0.578. The van der Waals surface area contributed by atoms with Gasteiger partial charge in [0.25, 0.3) is 0 Å². The van der Waals surface area contributed by atoms with E-state index in [1.807, 2.05) is 19.9 Å². The van der Waals surface area contributed by atoms with Crippen LogP contribution in [0.4, 0.5) is 0 Å². The van der Waals surface area contributed by atoms with Crippen molar-refractivity contribution in [2.45, 2.75) is 20.8 Å². The predicted molar refractivity (Wildman–Crippen MR) is 87.9 cm³/mol. The molecule has 0 nitrogen and oxygen atoms in total. The lowest BCUT2D eigenvalue weighted by Crippen LogP contribution is -1.84. The highest BCUT2D eigenvalue weighted by Crippen LogP contribution is 2.21. The van der Waals surface area contributed by atoms with Crippen molar-refractivity contribution in [3.8, 4) is 0 Å². The van der Waals surface area contributed by atoms with Gasteiger partial charge in [0.05, 0.1) is 0 Å². The van der Waals surface area contributed by atoms with Gasteiger partial charge in [-0.05, 0) is 43.0 Å². The van der Waals surface area contributed by atoms with Crippen molar-refractivity contribution in [2.75, 3.05) is 0 Å². The zero-order chi connectivity index (χ0) is 14.1. The largest absolute Gasteiger partial charge is 0.0991 e. The van der Waals surface area contributed by atoms with Crippen molar-refractivity contribution < 1.29 is 0 Å². The predicted octanol–water partition coefficient (Wildman–Crippen LogP) is 5.81. The molecule has 0 aliphatic heterocycles. The van der Waals surface area contributed by atoms with E-state index in [0.717, 1.165) is 0 Å². The Morgan fingerprint density at radius 2 is 1.32 bits per heavy atom. The van der Waals surface area contributed by atoms with Crippen molar-refractivity contribution in [3.63, 3.8) is 0 Å². The maximum Gasteiger partial charge on any atom is -0.0187 e. The highest BCUT2D eigenvalue weighted by atomic mass is 14.0. The molecule has 0 atom stereocenters.